The summed E-state index contributed by atoms with van der Waals surface area (Å²) in [7, 11) is 2.10. The van der Waals surface area contributed by atoms with Crippen LogP contribution < -0.4 is 16.2 Å². The summed E-state index contributed by atoms with van der Waals surface area (Å²) in [4.78, 5) is 67.5. The molecule has 0 bridgehead atoms. The van der Waals surface area contributed by atoms with Gasteiger partial charge in [0.1, 0.15) is 0 Å². The third-order valence-electron chi connectivity index (χ3n) is 11.2. The van der Waals surface area contributed by atoms with Crippen molar-refractivity contribution in [2.24, 2.45) is 0 Å². The molecule has 54 heavy (non-hydrogen) atoms. The first-order valence-corrected chi connectivity index (χ1v) is 19.5. The molecular formula is C40H49ClN8O5. The van der Waals surface area contributed by atoms with Crippen molar-refractivity contribution in [1.29, 1.82) is 0 Å². The van der Waals surface area contributed by atoms with Crippen molar-refractivity contribution in [3.05, 3.63) is 74.9 Å². The molecule has 0 saturated carbocycles. The predicted octanol–water partition coefficient (Wildman–Crippen LogP) is 3.62. The number of hydrogen-bond donors (Lipinski definition) is 3. The molecule has 7 rings (SSSR count). The van der Waals surface area contributed by atoms with Crippen molar-refractivity contribution in [2.75, 3.05) is 64.7 Å². The Kier molecular flexibility index (Phi) is 11.6. The summed E-state index contributed by atoms with van der Waals surface area (Å²) in [6.07, 6.45) is 7.25. The monoisotopic (exact) mass is 756 g/mol. The minimum absolute atomic E-state index is 0.0348. The van der Waals surface area contributed by atoms with Crippen molar-refractivity contribution in [2.45, 2.75) is 69.9 Å². The fourth-order valence-corrected chi connectivity index (χ4v) is 8.12. The Balaban J connectivity index is 0.853. The Labute approximate surface area is 319 Å². The number of nitrogens with one attached hydrogen (secondary N) is 2. The zero-order valence-corrected chi connectivity index (χ0v) is 31.7. The van der Waals surface area contributed by atoms with Gasteiger partial charge in [0.05, 0.1) is 39.9 Å². The maximum absolute atomic E-state index is 13.4. The van der Waals surface area contributed by atoms with Crippen LogP contribution in [0, 0.1) is 0 Å². The molecule has 13 nitrogen and oxygen atoms in total. The van der Waals surface area contributed by atoms with E-state index in [0.717, 1.165) is 79.0 Å². The van der Waals surface area contributed by atoms with Crippen LogP contribution in [-0.4, -0.2) is 117 Å². The number of aromatic nitrogens is 3. The Morgan fingerprint density at radius 2 is 1.69 bits per heavy atom. The number of rotatable bonds is 11. The van der Waals surface area contributed by atoms with E-state index in [9.17, 15) is 24.3 Å². The summed E-state index contributed by atoms with van der Waals surface area (Å²) in [5.74, 6) is -0.341. The summed E-state index contributed by atoms with van der Waals surface area (Å²) >= 11 is 6.69. The molecule has 4 heterocycles. The fourth-order valence-electron chi connectivity index (χ4n) is 7.76. The highest BCUT2D eigenvalue weighted by atomic mass is 35.5. The van der Waals surface area contributed by atoms with Crippen molar-refractivity contribution in [3.8, 4) is 0 Å². The number of fused-ring (bicyclic) bond motifs is 3. The van der Waals surface area contributed by atoms with Gasteiger partial charge in [-0.15, -0.1) is 0 Å². The van der Waals surface area contributed by atoms with Crippen LogP contribution in [0.5, 0.6) is 0 Å². The number of aliphatic hydroxyl groups is 1. The van der Waals surface area contributed by atoms with Crippen LogP contribution in [0.2, 0.25) is 5.02 Å². The Morgan fingerprint density at radius 3 is 2.48 bits per heavy atom. The third-order valence-corrected chi connectivity index (χ3v) is 11.6. The van der Waals surface area contributed by atoms with E-state index >= 15 is 0 Å². The molecular weight excluding hydrogens is 708 g/mol. The lowest BCUT2D eigenvalue weighted by Gasteiger charge is -2.38. The first-order valence-electron chi connectivity index (χ1n) is 19.1. The van der Waals surface area contributed by atoms with E-state index in [4.69, 9.17) is 16.6 Å². The van der Waals surface area contributed by atoms with E-state index in [1.807, 2.05) is 6.07 Å². The number of nitrogens with zero attached hydrogens (tertiary/aromatic N) is 6. The molecule has 3 amide bonds. The van der Waals surface area contributed by atoms with E-state index in [1.54, 1.807) is 35.2 Å². The van der Waals surface area contributed by atoms with Crippen LogP contribution in [0.15, 0.2) is 47.5 Å². The summed E-state index contributed by atoms with van der Waals surface area (Å²) in [6.45, 7) is 5.75. The topological polar surface area (TPSA) is 153 Å². The largest absolute Gasteiger partial charge is 0.388 e. The van der Waals surface area contributed by atoms with Crippen LogP contribution in [-0.2, 0) is 29.0 Å². The van der Waals surface area contributed by atoms with Crippen molar-refractivity contribution in [3.63, 3.8) is 0 Å². The number of halogens is 1. The molecule has 4 aromatic rings. The maximum Gasteiger partial charge on any atom is 0.261 e. The average molecular weight is 757 g/mol. The lowest BCUT2D eigenvalue weighted by Crippen LogP contribution is -2.49. The fraction of sp³-hybridized carbons (Fsp3) is 0.500. The lowest BCUT2D eigenvalue weighted by atomic mass is 9.91. The van der Waals surface area contributed by atoms with Gasteiger partial charge in [0, 0.05) is 87.5 Å². The number of piperidine rings is 1. The second-order valence-corrected chi connectivity index (χ2v) is 15.5. The first kappa shape index (κ1) is 37.9. The number of aryl methyl sites for hydroxylation is 1. The number of piperazine rings is 1. The lowest BCUT2D eigenvalue weighted by molar-refractivity contribution is -0.136. The molecule has 2 aliphatic heterocycles. The highest BCUT2D eigenvalue weighted by Gasteiger charge is 2.34. The number of amides is 3. The van der Waals surface area contributed by atoms with Gasteiger partial charge in [-0.1, -0.05) is 17.7 Å². The Bertz CT molecular complexity index is 2110. The molecule has 2 aromatic carbocycles. The van der Waals surface area contributed by atoms with E-state index in [1.165, 1.54) is 10.9 Å². The van der Waals surface area contributed by atoms with Gasteiger partial charge in [0.25, 0.3) is 11.5 Å². The molecule has 0 spiro atoms. The van der Waals surface area contributed by atoms with E-state index in [2.05, 4.69) is 32.5 Å². The van der Waals surface area contributed by atoms with Crippen molar-refractivity contribution >= 4 is 56.8 Å². The maximum atomic E-state index is 13.4. The molecule has 0 unspecified atom stereocenters. The normalized spacial score (nSPS) is 17.7. The number of pyridine rings is 1. The van der Waals surface area contributed by atoms with Crippen LogP contribution in [0.25, 0.3) is 21.8 Å². The minimum Gasteiger partial charge on any atom is -0.388 e. The second kappa shape index (κ2) is 16.5. The molecule has 286 valence electrons. The Hall–Kier alpha value is -4.43. The molecule has 0 atom stereocenters. The van der Waals surface area contributed by atoms with Crippen molar-refractivity contribution < 1.29 is 19.5 Å². The van der Waals surface area contributed by atoms with Crippen LogP contribution in [0.3, 0.4) is 0 Å². The molecule has 3 aliphatic rings. The number of anilines is 1. The van der Waals surface area contributed by atoms with Gasteiger partial charge in [0.2, 0.25) is 11.8 Å². The van der Waals surface area contributed by atoms with Gasteiger partial charge in [0.15, 0.2) is 0 Å². The molecule has 14 heteroatoms. The minimum atomic E-state index is -1.17. The summed E-state index contributed by atoms with van der Waals surface area (Å²) in [6, 6.07) is 10.5. The predicted molar refractivity (Wildman–Crippen MR) is 209 cm³/mol. The molecule has 0 radical (unpaired) electrons. The van der Waals surface area contributed by atoms with E-state index in [0.29, 0.717) is 74.0 Å². The van der Waals surface area contributed by atoms with E-state index in [-0.39, 0.29) is 36.2 Å². The zero-order chi connectivity index (χ0) is 37.8. The van der Waals surface area contributed by atoms with Gasteiger partial charge >= 0.3 is 0 Å². The molecule has 2 fully saturated rings. The number of carbonyl (C=O) groups excluding carboxylic acids is 3. The van der Waals surface area contributed by atoms with Gasteiger partial charge < -0.3 is 30.4 Å². The number of carbonyl (C=O) groups is 3. The highest BCUT2D eigenvalue weighted by molar-refractivity contribution is 6.36. The quantitative estimate of drug-likeness (QED) is 0.195. The number of likely N-dealkylation sites (tertiary alicyclic amines) is 1. The Morgan fingerprint density at radius 1 is 0.926 bits per heavy atom. The SMILES string of the molecule is CN1CCN(CCC(=O)Nc2ccc3c(=O)n(CC4(O)CCN(C(=O)CCCNC(=O)c5ccc6c(Cl)c7c(nc6c5)CCCC7)CC4)cnc3c2)CC1. The summed E-state index contributed by atoms with van der Waals surface area (Å²) in [5, 5.41) is 19.2. The van der Waals surface area contributed by atoms with Crippen LogP contribution >= 0.6 is 11.6 Å². The number of benzene rings is 2. The second-order valence-electron chi connectivity index (χ2n) is 15.1. The molecule has 1 aliphatic carbocycles. The molecule has 2 aromatic heterocycles. The molecule has 3 N–H and O–H groups in total. The smallest absolute Gasteiger partial charge is 0.261 e. The van der Waals surface area contributed by atoms with E-state index < -0.39 is 5.60 Å². The van der Waals surface area contributed by atoms with Crippen molar-refractivity contribution in [1.82, 2.24) is 34.6 Å². The summed E-state index contributed by atoms with van der Waals surface area (Å²) in [5.41, 5.74) is 2.98. The van der Waals surface area contributed by atoms with Gasteiger partial charge in [-0.3, -0.25) is 28.7 Å². The van der Waals surface area contributed by atoms with Gasteiger partial charge in [-0.2, -0.15) is 0 Å². The average Bonchev–Trinajstić information content (AvgIpc) is 3.17. The van der Waals surface area contributed by atoms with Gasteiger partial charge in [-0.05, 0) is 87.9 Å². The van der Waals surface area contributed by atoms with Gasteiger partial charge in [-0.25, -0.2) is 4.98 Å². The third kappa shape index (κ3) is 8.75. The molecule has 2 saturated heterocycles. The van der Waals surface area contributed by atoms with Crippen LogP contribution in [0.1, 0.15) is 66.6 Å². The zero-order valence-electron chi connectivity index (χ0n) is 30.9. The van der Waals surface area contributed by atoms with Crippen LogP contribution in [0.4, 0.5) is 5.69 Å². The number of hydrogen-bond acceptors (Lipinski definition) is 9. The number of likely N-dealkylation sites (N-methyl/N-ethyl adjacent to an activating group) is 1. The summed E-state index contributed by atoms with van der Waals surface area (Å²) < 4.78 is 1.42. The first-order chi connectivity index (χ1) is 26.0. The standard InChI is InChI=1S/C40H49ClN8O5/c1-46-19-21-47(22-20-46)16-12-35(50)44-28-9-11-31-33(24-28)43-26-49(39(31)53)25-40(54)13-17-48(18-14-40)36(51)7-4-15-42-38(52)27-8-10-30-34(23-27)45-32-6-3-2-5-29(32)37(30)41/h8-11,23-24,26,54H,2-7,12-22,25H2,1H3,(H,42,52)(H,44,50). The highest BCUT2D eigenvalue weighted by Crippen LogP contribution is 2.33.